The number of hydrogen-bond acceptors (Lipinski definition) is 4. The second kappa shape index (κ2) is 6.44. The van der Waals surface area contributed by atoms with Crippen molar-refractivity contribution in [3.63, 3.8) is 0 Å². The van der Waals surface area contributed by atoms with Crippen molar-refractivity contribution >= 4 is 40.4 Å². The summed E-state index contributed by atoms with van der Waals surface area (Å²) in [6, 6.07) is 6.64. The summed E-state index contributed by atoms with van der Waals surface area (Å²) in [7, 11) is 0. The lowest BCUT2D eigenvalue weighted by Gasteiger charge is -2.09. The van der Waals surface area contributed by atoms with Gasteiger partial charge in [0.25, 0.3) is 5.91 Å². The molecule has 2 heterocycles. The molecule has 118 valence electrons. The van der Waals surface area contributed by atoms with Gasteiger partial charge in [0.15, 0.2) is 12.3 Å². The Bertz CT molecular complexity index is 879. The van der Waals surface area contributed by atoms with E-state index in [4.69, 9.17) is 27.9 Å². The maximum Gasteiger partial charge on any atom is 0.262 e. The number of anilines is 1. The molecule has 1 amide bonds. The molecule has 0 radical (unpaired) electrons. The van der Waals surface area contributed by atoms with E-state index in [1.165, 1.54) is 0 Å². The summed E-state index contributed by atoms with van der Waals surface area (Å²) in [5.74, 6) is 0.0588. The van der Waals surface area contributed by atoms with E-state index in [0.29, 0.717) is 27.1 Å². The molecule has 2 aromatic heterocycles. The van der Waals surface area contributed by atoms with Gasteiger partial charge >= 0.3 is 0 Å². The average Bonchev–Trinajstić information content (AvgIpc) is 2.85. The molecule has 0 saturated heterocycles. The third-order valence-electron chi connectivity index (χ3n) is 2.97. The largest absolute Gasteiger partial charge is 0.482 e. The summed E-state index contributed by atoms with van der Waals surface area (Å²) in [5, 5.41) is 7.77. The number of ether oxygens (including phenoxy) is 1. The normalized spacial score (nSPS) is 10.7. The van der Waals surface area contributed by atoms with Crippen molar-refractivity contribution < 1.29 is 9.53 Å². The van der Waals surface area contributed by atoms with E-state index in [9.17, 15) is 4.79 Å². The first-order chi connectivity index (χ1) is 11.0. The van der Waals surface area contributed by atoms with Crippen LogP contribution in [-0.2, 0) is 4.79 Å². The van der Waals surface area contributed by atoms with Crippen LogP contribution in [0.15, 0.2) is 36.7 Å². The Labute approximate surface area is 142 Å². The molecule has 0 aliphatic heterocycles. The van der Waals surface area contributed by atoms with E-state index in [0.717, 1.165) is 5.69 Å². The van der Waals surface area contributed by atoms with Gasteiger partial charge < -0.3 is 10.1 Å². The lowest BCUT2D eigenvalue weighted by Crippen LogP contribution is -2.20. The van der Waals surface area contributed by atoms with Gasteiger partial charge in [0.1, 0.15) is 5.75 Å². The number of benzene rings is 1. The van der Waals surface area contributed by atoms with E-state index in [2.05, 4.69) is 15.4 Å². The lowest BCUT2D eigenvalue weighted by molar-refractivity contribution is -0.118. The molecule has 0 fully saturated rings. The fourth-order valence-corrected chi connectivity index (χ4v) is 2.46. The molecule has 0 spiro atoms. The van der Waals surface area contributed by atoms with Gasteiger partial charge in [-0.3, -0.25) is 4.79 Å². The number of nitrogens with zero attached hydrogens (tertiary/aromatic N) is 3. The first kappa shape index (κ1) is 15.6. The Kier molecular flexibility index (Phi) is 4.36. The molecule has 3 rings (SSSR count). The van der Waals surface area contributed by atoms with Gasteiger partial charge in [-0.1, -0.05) is 23.2 Å². The minimum atomic E-state index is -0.332. The molecule has 0 aliphatic carbocycles. The van der Waals surface area contributed by atoms with E-state index in [1.807, 2.05) is 13.0 Å². The highest BCUT2D eigenvalue weighted by molar-refractivity contribution is 6.35. The highest BCUT2D eigenvalue weighted by Crippen LogP contribution is 2.27. The molecule has 1 aromatic carbocycles. The van der Waals surface area contributed by atoms with E-state index in [1.54, 1.807) is 35.1 Å². The van der Waals surface area contributed by atoms with Gasteiger partial charge in [-0.25, -0.2) is 9.50 Å². The minimum absolute atomic E-state index is 0.183. The van der Waals surface area contributed by atoms with E-state index < -0.39 is 0 Å². The number of carbonyl (C=O) groups excluding carboxylic acids is 1. The monoisotopic (exact) mass is 350 g/mol. The van der Waals surface area contributed by atoms with Crippen LogP contribution in [-0.4, -0.2) is 27.1 Å². The van der Waals surface area contributed by atoms with E-state index in [-0.39, 0.29) is 12.5 Å². The standard InChI is InChI=1S/C15H12Cl2N4O2/c1-9-4-14-18-6-11(7-21(14)20-9)19-15(22)8-23-13-3-2-10(16)5-12(13)17/h2-7H,8H2,1H3,(H,19,22). The second-order valence-electron chi connectivity index (χ2n) is 4.84. The van der Waals surface area contributed by atoms with Gasteiger partial charge in [0.2, 0.25) is 0 Å². The molecule has 0 atom stereocenters. The zero-order valence-corrected chi connectivity index (χ0v) is 13.6. The zero-order valence-electron chi connectivity index (χ0n) is 12.1. The van der Waals surface area contributed by atoms with E-state index >= 15 is 0 Å². The molecular weight excluding hydrogens is 339 g/mol. The summed E-state index contributed by atoms with van der Waals surface area (Å²) in [6.45, 7) is 1.69. The summed E-state index contributed by atoms with van der Waals surface area (Å²) < 4.78 is 6.97. The number of rotatable bonds is 4. The van der Waals surface area contributed by atoms with Crippen molar-refractivity contribution in [1.82, 2.24) is 14.6 Å². The predicted octanol–water partition coefficient (Wildman–Crippen LogP) is 3.36. The van der Waals surface area contributed by atoms with Gasteiger partial charge in [-0.2, -0.15) is 5.10 Å². The lowest BCUT2D eigenvalue weighted by atomic mass is 10.3. The molecule has 0 unspecified atom stereocenters. The van der Waals surface area contributed by atoms with Crippen molar-refractivity contribution in [3.05, 3.63) is 52.4 Å². The quantitative estimate of drug-likeness (QED) is 0.783. The fourth-order valence-electron chi connectivity index (χ4n) is 1.99. The third-order valence-corrected chi connectivity index (χ3v) is 3.50. The second-order valence-corrected chi connectivity index (χ2v) is 5.69. The van der Waals surface area contributed by atoms with Crippen LogP contribution in [0.1, 0.15) is 5.69 Å². The number of aryl methyl sites for hydroxylation is 1. The van der Waals surface area contributed by atoms with Gasteiger partial charge in [-0.15, -0.1) is 0 Å². The van der Waals surface area contributed by atoms with Crippen LogP contribution < -0.4 is 10.1 Å². The number of halogens is 2. The molecule has 23 heavy (non-hydrogen) atoms. The number of fused-ring (bicyclic) bond motifs is 1. The Balaban J connectivity index is 1.63. The Morgan fingerprint density at radius 3 is 2.96 bits per heavy atom. The van der Waals surface area contributed by atoms with Crippen molar-refractivity contribution in [2.24, 2.45) is 0 Å². The Morgan fingerprint density at radius 2 is 2.17 bits per heavy atom. The van der Waals surface area contributed by atoms with Crippen LogP contribution >= 0.6 is 23.2 Å². The molecular formula is C15H12Cl2N4O2. The van der Waals surface area contributed by atoms with Gasteiger partial charge in [0, 0.05) is 11.1 Å². The van der Waals surface area contributed by atoms with Crippen molar-refractivity contribution in [3.8, 4) is 5.75 Å². The molecule has 1 N–H and O–H groups in total. The molecule has 0 aliphatic rings. The van der Waals surface area contributed by atoms with Gasteiger partial charge in [-0.05, 0) is 25.1 Å². The van der Waals surface area contributed by atoms with Crippen LogP contribution in [0.5, 0.6) is 5.75 Å². The van der Waals surface area contributed by atoms with Crippen LogP contribution in [0.4, 0.5) is 5.69 Å². The summed E-state index contributed by atoms with van der Waals surface area (Å²) in [5.41, 5.74) is 2.09. The van der Waals surface area contributed by atoms with Crippen LogP contribution in [0.2, 0.25) is 10.0 Å². The zero-order chi connectivity index (χ0) is 16.4. The highest BCUT2D eigenvalue weighted by atomic mass is 35.5. The van der Waals surface area contributed by atoms with Gasteiger partial charge in [0.05, 0.1) is 28.8 Å². The number of aromatic nitrogens is 3. The first-order valence-electron chi connectivity index (χ1n) is 6.71. The summed E-state index contributed by atoms with van der Waals surface area (Å²) in [4.78, 5) is 16.1. The molecule has 0 saturated carbocycles. The van der Waals surface area contributed by atoms with Crippen LogP contribution in [0, 0.1) is 6.92 Å². The van der Waals surface area contributed by atoms with Crippen molar-refractivity contribution in [2.45, 2.75) is 6.92 Å². The SMILES string of the molecule is Cc1cc2ncc(NC(=O)COc3ccc(Cl)cc3Cl)cn2n1. The number of carbonyl (C=O) groups is 1. The maximum atomic E-state index is 11.9. The number of hydrogen-bond donors (Lipinski definition) is 1. The molecule has 6 nitrogen and oxygen atoms in total. The van der Waals surface area contributed by atoms with Crippen molar-refractivity contribution in [2.75, 3.05) is 11.9 Å². The van der Waals surface area contributed by atoms with Crippen LogP contribution in [0.25, 0.3) is 5.65 Å². The fraction of sp³-hybridized carbons (Fsp3) is 0.133. The maximum absolute atomic E-state index is 11.9. The number of nitrogens with one attached hydrogen (secondary N) is 1. The smallest absolute Gasteiger partial charge is 0.262 e. The molecule has 8 heteroatoms. The van der Waals surface area contributed by atoms with Crippen molar-refractivity contribution in [1.29, 1.82) is 0 Å². The summed E-state index contributed by atoms with van der Waals surface area (Å²) >= 11 is 11.8. The minimum Gasteiger partial charge on any atom is -0.482 e. The predicted molar refractivity (Wildman–Crippen MR) is 88.3 cm³/mol. The number of amides is 1. The molecule has 0 bridgehead atoms. The topological polar surface area (TPSA) is 68.5 Å². The molecule has 3 aromatic rings. The Hall–Kier alpha value is -2.31. The highest BCUT2D eigenvalue weighted by Gasteiger charge is 2.08. The summed E-state index contributed by atoms with van der Waals surface area (Å²) in [6.07, 6.45) is 3.24. The Morgan fingerprint density at radius 1 is 1.35 bits per heavy atom. The van der Waals surface area contributed by atoms with Crippen LogP contribution in [0.3, 0.4) is 0 Å². The first-order valence-corrected chi connectivity index (χ1v) is 7.46. The third kappa shape index (κ3) is 3.72. The average molecular weight is 351 g/mol.